The van der Waals surface area contributed by atoms with Crippen LogP contribution in [0.1, 0.15) is 38.2 Å². The number of benzene rings is 1. The van der Waals surface area contributed by atoms with Crippen LogP contribution in [0.4, 0.5) is 4.39 Å². The van der Waals surface area contributed by atoms with Crippen molar-refractivity contribution in [1.82, 2.24) is 9.80 Å². The first-order valence-electron chi connectivity index (χ1n) is 10.0. The molecular formula is C23H22ClFN4O. The first-order valence-corrected chi connectivity index (χ1v) is 10.4. The molecule has 1 fully saturated rings. The fourth-order valence-corrected chi connectivity index (χ4v) is 4.44. The van der Waals surface area contributed by atoms with E-state index in [0.717, 1.165) is 24.0 Å². The van der Waals surface area contributed by atoms with E-state index in [4.69, 9.17) is 11.6 Å². The van der Waals surface area contributed by atoms with Crippen molar-refractivity contribution < 1.29 is 9.18 Å². The minimum absolute atomic E-state index is 0.0700. The van der Waals surface area contributed by atoms with Gasteiger partial charge in [-0.05, 0) is 74.1 Å². The number of halogens is 2. The number of fused-ring (bicyclic) bond motifs is 1. The Morgan fingerprint density at radius 1 is 1.30 bits per heavy atom. The predicted octanol–water partition coefficient (Wildman–Crippen LogP) is 4.54. The van der Waals surface area contributed by atoms with Crippen LogP contribution in [0.25, 0.3) is 0 Å². The number of allylic oxidation sites excluding steroid dienone is 2. The number of amides is 1. The quantitative estimate of drug-likeness (QED) is 0.700. The van der Waals surface area contributed by atoms with Crippen LogP contribution in [-0.2, 0) is 4.79 Å². The Kier molecular flexibility index (Phi) is 5.48. The number of rotatable bonds is 2. The second-order valence-corrected chi connectivity index (χ2v) is 8.23. The third-order valence-electron chi connectivity index (χ3n) is 6.01. The van der Waals surface area contributed by atoms with Gasteiger partial charge in [0.1, 0.15) is 23.4 Å². The number of likely N-dealkylation sites (tertiary alicyclic amines) is 1. The molecule has 154 valence electrons. The molecule has 1 aromatic carbocycles. The zero-order chi connectivity index (χ0) is 21.4. The Morgan fingerprint density at radius 2 is 2.03 bits per heavy atom. The van der Waals surface area contributed by atoms with E-state index in [-0.39, 0.29) is 23.7 Å². The van der Waals surface area contributed by atoms with Gasteiger partial charge in [-0.3, -0.25) is 14.7 Å². The lowest BCUT2D eigenvalue weighted by molar-refractivity contribution is -0.129. The van der Waals surface area contributed by atoms with Crippen LogP contribution in [-0.4, -0.2) is 40.7 Å². The molecule has 5 nitrogen and oxygen atoms in total. The van der Waals surface area contributed by atoms with Gasteiger partial charge in [-0.15, -0.1) is 0 Å². The van der Waals surface area contributed by atoms with Crippen LogP contribution < -0.4 is 0 Å². The smallest absolute Gasteiger partial charge is 0.270 e. The number of amidine groups is 1. The summed E-state index contributed by atoms with van der Waals surface area (Å²) < 4.78 is 13.7. The molecule has 1 amide bonds. The molecule has 0 N–H and O–H groups in total. The highest BCUT2D eigenvalue weighted by Gasteiger charge is 2.34. The van der Waals surface area contributed by atoms with Crippen molar-refractivity contribution >= 4 is 23.3 Å². The third-order valence-corrected chi connectivity index (χ3v) is 6.35. The Hall–Kier alpha value is -2.91. The number of nitriles is 1. The summed E-state index contributed by atoms with van der Waals surface area (Å²) >= 11 is 6.28. The maximum absolute atomic E-state index is 13.7. The Morgan fingerprint density at radius 3 is 2.73 bits per heavy atom. The Labute approximate surface area is 180 Å². The summed E-state index contributed by atoms with van der Waals surface area (Å²) in [5, 5.41) is 9.83. The second-order valence-electron chi connectivity index (χ2n) is 7.83. The lowest BCUT2D eigenvalue weighted by Crippen LogP contribution is -2.45. The second kappa shape index (κ2) is 8.08. The molecule has 1 aromatic rings. The first-order chi connectivity index (χ1) is 14.4. The largest absolute Gasteiger partial charge is 0.337 e. The van der Waals surface area contributed by atoms with Gasteiger partial charge in [0.15, 0.2) is 0 Å². The molecule has 0 bridgehead atoms. The lowest BCUT2D eigenvalue weighted by Gasteiger charge is -2.38. The van der Waals surface area contributed by atoms with Gasteiger partial charge in [0.25, 0.3) is 5.91 Å². The minimum atomic E-state index is -0.296. The fraction of sp³-hybridized carbons (Fsp3) is 0.348. The van der Waals surface area contributed by atoms with Crippen LogP contribution in [0.15, 0.2) is 58.4 Å². The summed E-state index contributed by atoms with van der Waals surface area (Å²) in [5.74, 6) is 0.420. The van der Waals surface area contributed by atoms with E-state index in [1.165, 1.54) is 12.1 Å². The third kappa shape index (κ3) is 3.66. The molecule has 0 saturated carbocycles. The highest BCUT2D eigenvalue weighted by molar-refractivity contribution is 6.31. The van der Waals surface area contributed by atoms with Crippen molar-refractivity contribution in [3.63, 3.8) is 0 Å². The number of nitrogens with zero attached hydrogens (tertiary/aromatic N) is 4. The van der Waals surface area contributed by atoms with Gasteiger partial charge < -0.3 is 4.90 Å². The van der Waals surface area contributed by atoms with Gasteiger partial charge in [0.2, 0.25) is 0 Å². The zero-order valence-corrected chi connectivity index (χ0v) is 17.7. The summed E-state index contributed by atoms with van der Waals surface area (Å²) in [5.41, 5.74) is 2.72. The van der Waals surface area contributed by atoms with Crippen molar-refractivity contribution in [2.24, 2.45) is 4.99 Å². The Balaban J connectivity index is 1.54. The van der Waals surface area contributed by atoms with Gasteiger partial charge in [-0.25, -0.2) is 4.39 Å². The molecule has 4 rings (SSSR count). The minimum Gasteiger partial charge on any atom is -0.337 e. The topological polar surface area (TPSA) is 59.7 Å². The number of aliphatic imine (C=N–C) groups is 1. The molecular weight excluding hydrogens is 403 g/mol. The van der Waals surface area contributed by atoms with E-state index in [0.29, 0.717) is 35.2 Å². The van der Waals surface area contributed by atoms with E-state index in [1.807, 2.05) is 18.7 Å². The van der Waals surface area contributed by atoms with Gasteiger partial charge in [-0.1, -0.05) is 11.6 Å². The van der Waals surface area contributed by atoms with Gasteiger partial charge in [0, 0.05) is 24.3 Å². The molecule has 0 spiro atoms. The molecule has 1 saturated heterocycles. The van der Waals surface area contributed by atoms with Gasteiger partial charge in [-0.2, -0.15) is 5.26 Å². The molecule has 1 atom stereocenters. The summed E-state index contributed by atoms with van der Waals surface area (Å²) in [6, 6.07) is 6.46. The van der Waals surface area contributed by atoms with E-state index in [9.17, 15) is 14.4 Å². The first kappa shape index (κ1) is 20.4. The lowest BCUT2D eigenvalue weighted by atomic mass is 9.89. The van der Waals surface area contributed by atoms with Gasteiger partial charge >= 0.3 is 0 Å². The molecule has 3 aliphatic rings. The number of hydrogen-bond acceptors (Lipinski definition) is 4. The van der Waals surface area contributed by atoms with E-state index < -0.39 is 0 Å². The van der Waals surface area contributed by atoms with E-state index in [1.54, 1.807) is 29.3 Å². The zero-order valence-electron chi connectivity index (χ0n) is 16.9. The SMILES string of the molecule is CC1=C(C(=O)N2CCC(c3cc(F)ccc3Cl)CC2)N2C=C(C#N)C=CC2=NC1C. The van der Waals surface area contributed by atoms with E-state index in [2.05, 4.69) is 11.1 Å². The number of hydrogen-bond donors (Lipinski definition) is 0. The van der Waals surface area contributed by atoms with Gasteiger partial charge in [0.05, 0.1) is 11.6 Å². The standard InChI is InChI=1S/C23H22ClFN4O/c1-14-15(2)27-21-6-3-16(12-26)13-29(21)22(14)23(30)28-9-7-17(8-10-28)19-11-18(25)4-5-20(19)24/h3-6,11,13,15,17H,7-10H2,1-2H3. The van der Waals surface area contributed by atoms with Crippen LogP contribution in [0.3, 0.4) is 0 Å². The van der Waals surface area contributed by atoms with Crippen molar-refractivity contribution in [3.05, 3.63) is 69.8 Å². The normalized spacial score (nSPS) is 21.8. The van der Waals surface area contributed by atoms with Crippen molar-refractivity contribution in [2.75, 3.05) is 13.1 Å². The fourth-order valence-electron chi connectivity index (χ4n) is 4.17. The molecule has 7 heteroatoms. The van der Waals surface area contributed by atoms with Crippen LogP contribution >= 0.6 is 11.6 Å². The highest BCUT2D eigenvalue weighted by atomic mass is 35.5. The van der Waals surface area contributed by atoms with Crippen LogP contribution in [0.5, 0.6) is 0 Å². The van der Waals surface area contributed by atoms with Crippen LogP contribution in [0.2, 0.25) is 5.02 Å². The monoisotopic (exact) mass is 424 g/mol. The maximum atomic E-state index is 13.7. The molecule has 3 aliphatic heterocycles. The summed E-state index contributed by atoms with van der Waals surface area (Å²) in [4.78, 5) is 21.7. The summed E-state index contributed by atoms with van der Waals surface area (Å²) in [6.45, 7) is 5.00. The average molecular weight is 425 g/mol. The number of piperidine rings is 1. The van der Waals surface area contributed by atoms with Crippen molar-refractivity contribution in [3.8, 4) is 6.07 Å². The molecule has 0 aromatic heterocycles. The molecule has 0 aliphatic carbocycles. The molecule has 30 heavy (non-hydrogen) atoms. The predicted molar refractivity (Wildman–Crippen MR) is 114 cm³/mol. The van der Waals surface area contributed by atoms with E-state index >= 15 is 0 Å². The molecule has 1 unspecified atom stereocenters. The van der Waals surface area contributed by atoms with Crippen molar-refractivity contribution in [1.29, 1.82) is 5.26 Å². The van der Waals surface area contributed by atoms with Crippen molar-refractivity contribution in [2.45, 2.75) is 38.6 Å². The Bertz CT molecular complexity index is 1060. The maximum Gasteiger partial charge on any atom is 0.270 e. The molecule has 3 heterocycles. The summed E-state index contributed by atoms with van der Waals surface area (Å²) in [6.07, 6.45) is 6.58. The molecule has 0 radical (unpaired) electrons. The van der Waals surface area contributed by atoms with Crippen LogP contribution in [0, 0.1) is 17.1 Å². The average Bonchev–Trinajstić information content (AvgIpc) is 2.76. The highest BCUT2D eigenvalue weighted by Crippen LogP contribution is 2.35. The number of carbonyl (C=O) groups excluding carboxylic acids is 1. The number of carbonyl (C=O) groups is 1. The summed E-state index contributed by atoms with van der Waals surface area (Å²) in [7, 11) is 0.